The fourth-order valence-electron chi connectivity index (χ4n) is 1.48. The lowest BCUT2D eigenvalue weighted by molar-refractivity contribution is 0.414. The maximum Gasteiger partial charge on any atom is 0.118 e. The van der Waals surface area contributed by atoms with Gasteiger partial charge >= 0.3 is 0 Å². The number of hydrogen-bond donors (Lipinski definition) is 0. The predicted octanol–water partition coefficient (Wildman–Crippen LogP) is 3.44. The van der Waals surface area contributed by atoms with Crippen molar-refractivity contribution in [1.82, 2.24) is 0 Å². The normalized spacial score (nSPS) is 10.5. The van der Waals surface area contributed by atoms with Gasteiger partial charge in [-0.2, -0.15) is 0 Å². The van der Waals surface area contributed by atoms with Crippen LogP contribution in [-0.2, 0) is 0 Å². The minimum absolute atomic E-state index is 0.926. The summed E-state index contributed by atoms with van der Waals surface area (Å²) in [6, 6.07) is 8.28. The lowest BCUT2D eigenvalue weighted by Crippen LogP contribution is -1.96. The second-order valence-electron chi connectivity index (χ2n) is 3.04. The Bertz CT molecular complexity index is 234. The van der Waals surface area contributed by atoms with Crippen LogP contribution in [-0.4, -0.2) is 7.11 Å². The SMILES string of the molecule is CC[C](CC)c1ccc(OC)cc1. The van der Waals surface area contributed by atoms with Crippen LogP contribution in [0.3, 0.4) is 0 Å². The molecule has 0 spiro atoms. The lowest BCUT2D eigenvalue weighted by Gasteiger charge is -2.11. The predicted molar refractivity (Wildman–Crippen MR) is 55.9 cm³/mol. The first-order chi connectivity index (χ1) is 6.31. The summed E-state index contributed by atoms with van der Waals surface area (Å²) in [7, 11) is 1.69. The van der Waals surface area contributed by atoms with Crippen molar-refractivity contribution in [3.8, 4) is 5.75 Å². The summed E-state index contributed by atoms with van der Waals surface area (Å²) in [5.74, 6) is 2.43. The van der Waals surface area contributed by atoms with Gasteiger partial charge in [-0.1, -0.05) is 26.0 Å². The largest absolute Gasteiger partial charge is 0.497 e. The van der Waals surface area contributed by atoms with Gasteiger partial charge in [0.15, 0.2) is 0 Å². The Morgan fingerprint density at radius 1 is 1.08 bits per heavy atom. The molecule has 0 atom stereocenters. The van der Waals surface area contributed by atoms with E-state index in [4.69, 9.17) is 4.74 Å². The minimum Gasteiger partial charge on any atom is -0.497 e. The fourth-order valence-corrected chi connectivity index (χ4v) is 1.48. The molecule has 0 bridgehead atoms. The molecule has 0 saturated carbocycles. The summed E-state index contributed by atoms with van der Waals surface area (Å²) in [5.41, 5.74) is 1.34. The summed E-state index contributed by atoms with van der Waals surface area (Å²) in [5, 5.41) is 0. The van der Waals surface area contributed by atoms with E-state index in [0.29, 0.717) is 0 Å². The molecule has 13 heavy (non-hydrogen) atoms. The van der Waals surface area contributed by atoms with Crippen LogP contribution in [0, 0.1) is 5.92 Å². The zero-order chi connectivity index (χ0) is 9.68. The maximum atomic E-state index is 5.11. The number of methoxy groups -OCH3 is 1. The van der Waals surface area contributed by atoms with Crippen molar-refractivity contribution in [3.05, 3.63) is 35.7 Å². The van der Waals surface area contributed by atoms with Crippen LogP contribution in [0.4, 0.5) is 0 Å². The van der Waals surface area contributed by atoms with Crippen LogP contribution in [0.15, 0.2) is 24.3 Å². The van der Waals surface area contributed by atoms with E-state index in [1.165, 1.54) is 11.5 Å². The van der Waals surface area contributed by atoms with Crippen LogP contribution in [0.5, 0.6) is 5.75 Å². The molecule has 1 heteroatoms. The molecule has 0 fully saturated rings. The maximum absolute atomic E-state index is 5.11. The summed E-state index contributed by atoms with van der Waals surface area (Å²) < 4.78 is 5.11. The first-order valence-electron chi connectivity index (χ1n) is 4.81. The standard InChI is InChI=1S/C12H17O/c1-4-10(5-2)11-6-8-12(13-3)9-7-11/h6-9H,4-5H2,1-3H3. The molecule has 0 aliphatic heterocycles. The Morgan fingerprint density at radius 2 is 1.62 bits per heavy atom. The quantitative estimate of drug-likeness (QED) is 0.684. The molecule has 1 radical (unpaired) electrons. The first-order valence-corrected chi connectivity index (χ1v) is 4.81. The third kappa shape index (κ3) is 2.48. The average molecular weight is 177 g/mol. The van der Waals surface area contributed by atoms with Gasteiger partial charge in [0.05, 0.1) is 7.11 Å². The molecule has 1 nitrogen and oxygen atoms in total. The Morgan fingerprint density at radius 3 is 2.00 bits per heavy atom. The van der Waals surface area contributed by atoms with E-state index in [1.807, 2.05) is 12.1 Å². The molecule has 0 heterocycles. The third-order valence-corrected chi connectivity index (χ3v) is 2.35. The zero-order valence-corrected chi connectivity index (χ0v) is 8.63. The highest BCUT2D eigenvalue weighted by atomic mass is 16.5. The summed E-state index contributed by atoms with van der Waals surface area (Å²) in [6.07, 6.45) is 2.26. The summed E-state index contributed by atoms with van der Waals surface area (Å²) in [6.45, 7) is 4.39. The van der Waals surface area contributed by atoms with Gasteiger partial charge in [-0.25, -0.2) is 0 Å². The van der Waals surface area contributed by atoms with E-state index in [9.17, 15) is 0 Å². The topological polar surface area (TPSA) is 9.23 Å². The molecule has 0 saturated heterocycles. The van der Waals surface area contributed by atoms with Gasteiger partial charge in [0.1, 0.15) is 5.75 Å². The highest BCUT2D eigenvalue weighted by molar-refractivity contribution is 5.35. The monoisotopic (exact) mass is 177 g/mol. The van der Waals surface area contributed by atoms with Crippen molar-refractivity contribution in [2.75, 3.05) is 7.11 Å². The Labute approximate surface area is 80.7 Å². The Hall–Kier alpha value is -0.980. The van der Waals surface area contributed by atoms with Crippen molar-refractivity contribution in [3.63, 3.8) is 0 Å². The Kier molecular flexibility index (Phi) is 3.81. The van der Waals surface area contributed by atoms with E-state index >= 15 is 0 Å². The van der Waals surface area contributed by atoms with Crippen molar-refractivity contribution in [1.29, 1.82) is 0 Å². The number of rotatable bonds is 4. The molecular formula is C12H17O. The Balaban J connectivity index is 2.78. The summed E-state index contributed by atoms with van der Waals surface area (Å²) in [4.78, 5) is 0. The van der Waals surface area contributed by atoms with Gasteiger partial charge in [0.2, 0.25) is 0 Å². The van der Waals surface area contributed by atoms with Gasteiger partial charge in [0, 0.05) is 5.92 Å². The molecule has 0 N–H and O–H groups in total. The molecular weight excluding hydrogens is 160 g/mol. The van der Waals surface area contributed by atoms with Crippen molar-refractivity contribution in [2.45, 2.75) is 26.7 Å². The summed E-state index contributed by atoms with van der Waals surface area (Å²) >= 11 is 0. The van der Waals surface area contributed by atoms with Crippen LogP contribution < -0.4 is 4.74 Å². The zero-order valence-electron chi connectivity index (χ0n) is 8.63. The average Bonchev–Trinajstić information content (AvgIpc) is 2.21. The van der Waals surface area contributed by atoms with Gasteiger partial charge in [-0.3, -0.25) is 0 Å². The van der Waals surface area contributed by atoms with Gasteiger partial charge < -0.3 is 4.74 Å². The molecule has 71 valence electrons. The highest BCUT2D eigenvalue weighted by Gasteiger charge is 2.06. The second kappa shape index (κ2) is 4.90. The van der Waals surface area contributed by atoms with Crippen LogP contribution in [0.1, 0.15) is 32.3 Å². The molecule has 0 amide bonds. The number of hydrogen-bond acceptors (Lipinski definition) is 1. The number of benzene rings is 1. The van der Waals surface area contributed by atoms with Gasteiger partial charge in [-0.05, 0) is 30.5 Å². The lowest BCUT2D eigenvalue weighted by atomic mass is 9.94. The molecule has 1 aromatic carbocycles. The second-order valence-corrected chi connectivity index (χ2v) is 3.04. The van der Waals surface area contributed by atoms with Gasteiger partial charge in [0.25, 0.3) is 0 Å². The molecule has 0 aromatic heterocycles. The van der Waals surface area contributed by atoms with Crippen LogP contribution in [0.2, 0.25) is 0 Å². The number of ether oxygens (including phenoxy) is 1. The minimum atomic E-state index is 0.926. The smallest absolute Gasteiger partial charge is 0.118 e. The van der Waals surface area contributed by atoms with Crippen molar-refractivity contribution >= 4 is 0 Å². The van der Waals surface area contributed by atoms with Crippen molar-refractivity contribution in [2.24, 2.45) is 0 Å². The van der Waals surface area contributed by atoms with Crippen LogP contribution >= 0.6 is 0 Å². The van der Waals surface area contributed by atoms with E-state index in [0.717, 1.165) is 18.6 Å². The van der Waals surface area contributed by atoms with E-state index in [1.54, 1.807) is 7.11 Å². The van der Waals surface area contributed by atoms with E-state index < -0.39 is 0 Å². The van der Waals surface area contributed by atoms with E-state index in [-0.39, 0.29) is 0 Å². The molecule has 1 rings (SSSR count). The third-order valence-electron chi connectivity index (χ3n) is 2.35. The fraction of sp³-hybridized carbons (Fsp3) is 0.417. The first kappa shape index (κ1) is 10.1. The molecule has 0 unspecified atom stereocenters. The molecule has 0 aliphatic rings. The molecule has 1 aromatic rings. The highest BCUT2D eigenvalue weighted by Crippen LogP contribution is 2.23. The van der Waals surface area contributed by atoms with Gasteiger partial charge in [-0.15, -0.1) is 0 Å². The van der Waals surface area contributed by atoms with E-state index in [2.05, 4.69) is 26.0 Å². The van der Waals surface area contributed by atoms with Crippen molar-refractivity contribution < 1.29 is 4.74 Å². The van der Waals surface area contributed by atoms with Crippen LogP contribution in [0.25, 0.3) is 0 Å². The molecule has 0 aliphatic carbocycles.